The number of unbranched alkanes of at least 4 members (excludes halogenated alkanes) is 3. The SMILES string of the molecule is CCCCCCOc1ccc(/C=C(/C)C#N)cc1. The van der Waals surface area contributed by atoms with Gasteiger partial charge in [0, 0.05) is 5.57 Å². The molecule has 0 aliphatic heterocycles. The van der Waals surface area contributed by atoms with Crippen LogP contribution in [0.4, 0.5) is 0 Å². The molecular formula is C16H21NO. The number of nitriles is 1. The zero-order chi connectivity index (χ0) is 13.2. The minimum absolute atomic E-state index is 0.711. The lowest BCUT2D eigenvalue weighted by atomic mass is 10.1. The predicted molar refractivity (Wildman–Crippen MR) is 75.3 cm³/mol. The van der Waals surface area contributed by atoms with Gasteiger partial charge in [-0.3, -0.25) is 0 Å². The molecule has 1 aromatic rings. The van der Waals surface area contributed by atoms with Crippen LogP contribution in [-0.2, 0) is 0 Å². The van der Waals surface area contributed by atoms with Crippen LogP contribution in [0.2, 0.25) is 0 Å². The van der Waals surface area contributed by atoms with E-state index < -0.39 is 0 Å². The largest absolute Gasteiger partial charge is 0.494 e. The van der Waals surface area contributed by atoms with E-state index in [9.17, 15) is 0 Å². The summed E-state index contributed by atoms with van der Waals surface area (Å²) in [5.74, 6) is 0.901. The Bertz CT molecular complexity index is 412. The highest BCUT2D eigenvalue weighted by atomic mass is 16.5. The fourth-order valence-electron chi connectivity index (χ4n) is 1.66. The zero-order valence-electron chi connectivity index (χ0n) is 11.3. The highest BCUT2D eigenvalue weighted by molar-refractivity contribution is 5.56. The molecule has 0 radical (unpaired) electrons. The third kappa shape index (κ3) is 5.54. The van der Waals surface area contributed by atoms with Crippen LogP contribution < -0.4 is 4.74 Å². The molecule has 1 aromatic carbocycles. The first kappa shape index (κ1) is 14.3. The van der Waals surface area contributed by atoms with Crippen LogP contribution in [0.5, 0.6) is 5.75 Å². The first-order chi connectivity index (χ1) is 8.76. The van der Waals surface area contributed by atoms with Crippen LogP contribution in [0.1, 0.15) is 45.1 Å². The van der Waals surface area contributed by atoms with Crippen molar-refractivity contribution in [2.75, 3.05) is 6.61 Å². The normalized spacial score (nSPS) is 11.1. The average molecular weight is 243 g/mol. The molecule has 0 spiro atoms. The van der Waals surface area contributed by atoms with E-state index >= 15 is 0 Å². The van der Waals surface area contributed by atoms with Crippen molar-refractivity contribution in [3.63, 3.8) is 0 Å². The number of nitrogens with zero attached hydrogens (tertiary/aromatic N) is 1. The molecule has 2 nitrogen and oxygen atoms in total. The number of ether oxygens (including phenoxy) is 1. The number of allylic oxidation sites excluding steroid dienone is 1. The van der Waals surface area contributed by atoms with Gasteiger partial charge in [0.2, 0.25) is 0 Å². The molecule has 0 aliphatic carbocycles. The first-order valence-corrected chi connectivity index (χ1v) is 6.57. The molecule has 0 unspecified atom stereocenters. The summed E-state index contributed by atoms with van der Waals surface area (Å²) in [4.78, 5) is 0. The molecule has 2 heteroatoms. The molecule has 0 saturated carbocycles. The summed E-state index contributed by atoms with van der Waals surface area (Å²) in [5.41, 5.74) is 1.75. The maximum atomic E-state index is 8.69. The van der Waals surface area contributed by atoms with E-state index in [1.807, 2.05) is 30.3 Å². The van der Waals surface area contributed by atoms with Gasteiger partial charge in [-0.25, -0.2) is 0 Å². The molecule has 0 atom stereocenters. The lowest BCUT2D eigenvalue weighted by Gasteiger charge is -2.06. The molecular weight excluding hydrogens is 222 g/mol. The zero-order valence-corrected chi connectivity index (χ0v) is 11.3. The quantitative estimate of drug-likeness (QED) is 0.519. The Kier molecular flexibility index (Phi) is 6.64. The van der Waals surface area contributed by atoms with Crippen LogP contribution in [0.3, 0.4) is 0 Å². The van der Waals surface area contributed by atoms with Gasteiger partial charge in [0.25, 0.3) is 0 Å². The number of benzene rings is 1. The lowest BCUT2D eigenvalue weighted by Crippen LogP contribution is -1.96. The molecule has 0 N–H and O–H groups in total. The maximum Gasteiger partial charge on any atom is 0.119 e. The van der Waals surface area contributed by atoms with Gasteiger partial charge in [0.05, 0.1) is 12.7 Å². The minimum Gasteiger partial charge on any atom is -0.494 e. The van der Waals surface area contributed by atoms with Crippen molar-refractivity contribution >= 4 is 6.08 Å². The highest BCUT2D eigenvalue weighted by Crippen LogP contribution is 2.15. The smallest absolute Gasteiger partial charge is 0.119 e. The van der Waals surface area contributed by atoms with Crippen molar-refractivity contribution in [3.05, 3.63) is 35.4 Å². The summed E-state index contributed by atoms with van der Waals surface area (Å²) in [5, 5.41) is 8.69. The molecule has 18 heavy (non-hydrogen) atoms. The molecule has 0 saturated heterocycles. The Morgan fingerprint density at radius 1 is 1.22 bits per heavy atom. The van der Waals surface area contributed by atoms with Crippen LogP contribution in [-0.4, -0.2) is 6.61 Å². The van der Waals surface area contributed by atoms with Crippen LogP contribution in [0.15, 0.2) is 29.8 Å². The van der Waals surface area contributed by atoms with E-state index in [1.54, 1.807) is 6.92 Å². The summed E-state index contributed by atoms with van der Waals surface area (Å²) in [7, 11) is 0. The molecule has 0 aliphatic rings. The van der Waals surface area contributed by atoms with Crippen LogP contribution >= 0.6 is 0 Å². The Balaban J connectivity index is 2.39. The van der Waals surface area contributed by atoms with Gasteiger partial charge < -0.3 is 4.74 Å². The van der Waals surface area contributed by atoms with E-state index in [0.717, 1.165) is 24.3 Å². The number of hydrogen-bond donors (Lipinski definition) is 0. The van der Waals surface area contributed by atoms with Crippen molar-refractivity contribution in [1.29, 1.82) is 5.26 Å². The lowest BCUT2D eigenvalue weighted by molar-refractivity contribution is 0.305. The first-order valence-electron chi connectivity index (χ1n) is 6.57. The second-order valence-electron chi connectivity index (χ2n) is 4.42. The predicted octanol–water partition coefficient (Wildman–Crippen LogP) is 4.57. The van der Waals surface area contributed by atoms with Crippen molar-refractivity contribution in [3.8, 4) is 11.8 Å². The summed E-state index contributed by atoms with van der Waals surface area (Å²) >= 11 is 0. The molecule has 0 bridgehead atoms. The monoisotopic (exact) mass is 243 g/mol. The van der Waals surface area contributed by atoms with Gasteiger partial charge >= 0.3 is 0 Å². The summed E-state index contributed by atoms with van der Waals surface area (Å²) in [6, 6.07) is 9.97. The molecule has 96 valence electrons. The van der Waals surface area contributed by atoms with E-state index in [4.69, 9.17) is 10.00 Å². The van der Waals surface area contributed by atoms with Crippen LogP contribution in [0.25, 0.3) is 6.08 Å². The summed E-state index contributed by atoms with van der Waals surface area (Å²) < 4.78 is 5.65. The topological polar surface area (TPSA) is 33.0 Å². The Hall–Kier alpha value is -1.75. The fourth-order valence-corrected chi connectivity index (χ4v) is 1.66. The molecule has 0 heterocycles. The van der Waals surface area contributed by atoms with Gasteiger partial charge in [-0.15, -0.1) is 0 Å². The van der Waals surface area contributed by atoms with Gasteiger partial charge in [-0.05, 0) is 37.1 Å². The highest BCUT2D eigenvalue weighted by Gasteiger charge is 1.95. The van der Waals surface area contributed by atoms with Gasteiger partial charge in [0.15, 0.2) is 0 Å². The van der Waals surface area contributed by atoms with Gasteiger partial charge in [-0.1, -0.05) is 38.3 Å². The van der Waals surface area contributed by atoms with Gasteiger partial charge in [0.1, 0.15) is 5.75 Å². The fraction of sp³-hybridized carbons (Fsp3) is 0.438. The third-order valence-electron chi connectivity index (χ3n) is 2.71. The molecule has 0 amide bonds. The molecule has 0 fully saturated rings. The van der Waals surface area contributed by atoms with Crippen molar-refractivity contribution in [1.82, 2.24) is 0 Å². The van der Waals surface area contributed by atoms with Crippen LogP contribution in [0, 0.1) is 11.3 Å². The standard InChI is InChI=1S/C16H21NO/c1-3-4-5-6-11-18-16-9-7-15(8-10-16)12-14(2)13-17/h7-10,12H,3-6,11H2,1-2H3/b14-12-. The Morgan fingerprint density at radius 3 is 2.56 bits per heavy atom. The Labute approximate surface area is 110 Å². The maximum absolute atomic E-state index is 8.69. The van der Waals surface area contributed by atoms with E-state index in [0.29, 0.717) is 5.57 Å². The minimum atomic E-state index is 0.711. The number of hydrogen-bond acceptors (Lipinski definition) is 2. The second kappa shape index (κ2) is 8.36. The van der Waals surface area contributed by atoms with Crippen molar-refractivity contribution in [2.24, 2.45) is 0 Å². The van der Waals surface area contributed by atoms with Crippen molar-refractivity contribution in [2.45, 2.75) is 39.5 Å². The van der Waals surface area contributed by atoms with Gasteiger partial charge in [-0.2, -0.15) is 5.26 Å². The average Bonchev–Trinajstić information content (AvgIpc) is 2.40. The summed E-state index contributed by atoms with van der Waals surface area (Å²) in [6.07, 6.45) is 6.74. The summed E-state index contributed by atoms with van der Waals surface area (Å²) in [6.45, 7) is 4.79. The molecule has 1 rings (SSSR count). The second-order valence-corrected chi connectivity index (χ2v) is 4.42. The number of rotatable bonds is 7. The Morgan fingerprint density at radius 2 is 1.94 bits per heavy atom. The van der Waals surface area contributed by atoms with E-state index in [1.165, 1.54) is 19.3 Å². The van der Waals surface area contributed by atoms with E-state index in [-0.39, 0.29) is 0 Å². The van der Waals surface area contributed by atoms with Crippen molar-refractivity contribution < 1.29 is 4.74 Å². The van der Waals surface area contributed by atoms with E-state index in [2.05, 4.69) is 13.0 Å². The third-order valence-corrected chi connectivity index (χ3v) is 2.71. The molecule has 0 aromatic heterocycles.